The Bertz CT molecular complexity index is 1000. The maximum atomic E-state index is 5.76. The predicted molar refractivity (Wildman–Crippen MR) is 169 cm³/mol. The molecule has 2 aromatic rings. The fourth-order valence-corrected chi connectivity index (χ4v) is 3.50. The first-order valence-electron chi connectivity index (χ1n) is 15.4. The van der Waals surface area contributed by atoms with E-state index in [1.807, 2.05) is 76.3 Å². The lowest BCUT2D eigenvalue weighted by molar-refractivity contribution is 0.246. The van der Waals surface area contributed by atoms with Crippen LogP contribution in [0.1, 0.15) is 79.1 Å². The number of hydrogen-bond donors (Lipinski definition) is 0. The summed E-state index contributed by atoms with van der Waals surface area (Å²) in [7, 11) is 0. The highest BCUT2D eigenvalue weighted by Gasteiger charge is 2.11. The van der Waals surface area contributed by atoms with Gasteiger partial charge in [-0.05, 0) is 40.5 Å². The second-order valence-corrected chi connectivity index (χ2v) is 9.41. The summed E-state index contributed by atoms with van der Waals surface area (Å²) in [6, 6.07) is 1.14. The Morgan fingerprint density at radius 3 is 0.818 bits per heavy atom. The van der Waals surface area contributed by atoms with Crippen molar-refractivity contribution in [2.75, 3.05) is 39.6 Å². The zero-order valence-electron chi connectivity index (χ0n) is 26.7. The number of hydrogen-bond acceptors (Lipinski definition) is 12. The zero-order chi connectivity index (χ0) is 31.5. The highest BCUT2D eigenvalue weighted by atomic mass is 16.5. The van der Waals surface area contributed by atoms with Gasteiger partial charge in [-0.2, -0.15) is 0 Å². The second-order valence-electron chi connectivity index (χ2n) is 9.41. The van der Waals surface area contributed by atoms with Gasteiger partial charge in [-0.15, -0.1) is 29.9 Å². The van der Waals surface area contributed by atoms with Crippen LogP contribution in [0.2, 0.25) is 0 Å². The summed E-state index contributed by atoms with van der Waals surface area (Å²) in [5, 5.41) is 0. The first kappa shape index (κ1) is 36.0. The number of unbranched alkanes of at least 4 members (excludes halogenated alkanes) is 7. The normalized spacial score (nSPS) is 11.6. The summed E-state index contributed by atoms with van der Waals surface area (Å²) < 4.78 is 33.7. The van der Waals surface area contributed by atoms with E-state index in [1.165, 1.54) is 12.8 Å². The number of allylic oxidation sites excluding steroid dienone is 4. The third-order valence-corrected chi connectivity index (χ3v) is 5.83. The van der Waals surface area contributed by atoms with Crippen molar-refractivity contribution in [3.63, 3.8) is 0 Å². The third-order valence-electron chi connectivity index (χ3n) is 5.83. The molecular formula is C32H48N6O6. The average molecular weight is 613 g/mol. The van der Waals surface area contributed by atoms with Crippen LogP contribution >= 0.6 is 0 Å². The van der Waals surface area contributed by atoms with Crippen LogP contribution in [0, 0.1) is 0 Å². The Morgan fingerprint density at radius 1 is 0.341 bits per heavy atom. The van der Waals surface area contributed by atoms with Crippen LogP contribution in [0.3, 0.4) is 0 Å². The number of ether oxygens (including phenoxy) is 6. The molecule has 12 heteroatoms. The molecule has 0 amide bonds. The molecule has 0 aliphatic carbocycles. The SMILES string of the molecule is C/C=C/COc1nc(OC/C=C/C)nc(OCCCCCCCCCCOc2nc(OC/C=C/C)nc(OC/C=C/C)n2)n1. The molecule has 2 aromatic heterocycles. The van der Waals surface area contributed by atoms with Gasteiger partial charge in [-0.3, -0.25) is 0 Å². The van der Waals surface area contributed by atoms with Gasteiger partial charge in [0.1, 0.15) is 26.4 Å². The Balaban J connectivity index is 1.61. The highest BCUT2D eigenvalue weighted by Crippen LogP contribution is 2.17. The molecule has 12 nitrogen and oxygen atoms in total. The number of aromatic nitrogens is 6. The predicted octanol–water partition coefficient (Wildman–Crippen LogP) is 6.45. The molecule has 0 N–H and O–H groups in total. The van der Waals surface area contributed by atoms with Gasteiger partial charge in [0.15, 0.2) is 0 Å². The Hall–Kier alpha value is -4.22. The average Bonchev–Trinajstić information content (AvgIpc) is 3.02. The maximum Gasteiger partial charge on any atom is 0.326 e. The smallest absolute Gasteiger partial charge is 0.326 e. The molecule has 0 aromatic carbocycles. The molecule has 44 heavy (non-hydrogen) atoms. The fourth-order valence-electron chi connectivity index (χ4n) is 3.50. The van der Waals surface area contributed by atoms with Gasteiger partial charge in [-0.1, -0.05) is 87.1 Å². The summed E-state index contributed by atoms with van der Waals surface area (Å²) >= 11 is 0. The quantitative estimate of drug-likeness (QED) is 0.0900. The van der Waals surface area contributed by atoms with Crippen LogP contribution in [0.15, 0.2) is 48.6 Å². The molecule has 0 aliphatic heterocycles. The molecule has 2 rings (SSSR count). The van der Waals surface area contributed by atoms with Crippen LogP contribution in [-0.4, -0.2) is 69.5 Å². The van der Waals surface area contributed by atoms with E-state index in [4.69, 9.17) is 28.4 Å². The van der Waals surface area contributed by atoms with Crippen molar-refractivity contribution in [2.45, 2.75) is 79.1 Å². The molecule has 2 heterocycles. The van der Waals surface area contributed by atoms with E-state index in [9.17, 15) is 0 Å². The summed E-state index contributed by atoms with van der Waals surface area (Å²) in [5.74, 6) is 0. The lowest BCUT2D eigenvalue weighted by Gasteiger charge is -2.09. The molecule has 0 saturated carbocycles. The third kappa shape index (κ3) is 17.0. The van der Waals surface area contributed by atoms with Gasteiger partial charge >= 0.3 is 36.1 Å². The van der Waals surface area contributed by atoms with Gasteiger partial charge in [0, 0.05) is 0 Å². The van der Waals surface area contributed by atoms with Crippen molar-refractivity contribution >= 4 is 0 Å². The number of rotatable bonds is 25. The summed E-state index contributed by atoms with van der Waals surface area (Å²) in [5.41, 5.74) is 0. The fraction of sp³-hybridized carbons (Fsp3) is 0.562. The molecular weight excluding hydrogens is 564 g/mol. The Labute approximate surface area is 261 Å². The summed E-state index contributed by atoms with van der Waals surface area (Å²) in [6.07, 6.45) is 23.7. The van der Waals surface area contributed by atoms with Crippen LogP contribution in [0.25, 0.3) is 0 Å². The first-order valence-corrected chi connectivity index (χ1v) is 15.4. The number of nitrogens with zero attached hydrogens (tertiary/aromatic N) is 6. The maximum absolute atomic E-state index is 5.76. The van der Waals surface area contributed by atoms with E-state index in [2.05, 4.69) is 29.9 Å². The van der Waals surface area contributed by atoms with E-state index in [0.29, 0.717) is 39.6 Å². The van der Waals surface area contributed by atoms with Gasteiger partial charge in [0.25, 0.3) is 0 Å². The van der Waals surface area contributed by atoms with Gasteiger partial charge in [0.2, 0.25) is 0 Å². The molecule has 0 saturated heterocycles. The van der Waals surface area contributed by atoms with Gasteiger partial charge < -0.3 is 28.4 Å². The van der Waals surface area contributed by atoms with E-state index >= 15 is 0 Å². The van der Waals surface area contributed by atoms with Crippen molar-refractivity contribution in [3.8, 4) is 36.1 Å². The van der Waals surface area contributed by atoms with Crippen molar-refractivity contribution in [1.29, 1.82) is 0 Å². The molecule has 0 atom stereocenters. The molecule has 0 fully saturated rings. The standard InChI is InChI=1S/C32H48N6O6/c1-5-9-21-39-27-33-28(40-22-10-6-2)36-31(35-27)43-25-19-17-15-13-14-16-18-20-26-44-32-37-29(41-23-11-7-3)34-30(38-32)42-24-12-8-4/h5-12H,13-26H2,1-4H3/b9-5+,10-6+,11-7+,12-8+. The minimum atomic E-state index is 0.181. The van der Waals surface area contributed by atoms with Crippen LogP contribution in [-0.2, 0) is 0 Å². The van der Waals surface area contributed by atoms with Crippen molar-refractivity contribution in [2.24, 2.45) is 0 Å². The van der Waals surface area contributed by atoms with Crippen molar-refractivity contribution < 1.29 is 28.4 Å². The lowest BCUT2D eigenvalue weighted by atomic mass is 10.1. The Morgan fingerprint density at radius 2 is 0.568 bits per heavy atom. The molecule has 0 bridgehead atoms. The van der Waals surface area contributed by atoms with E-state index in [0.717, 1.165) is 38.5 Å². The molecule has 0 radical (unpaired) electrons. The van der Waals surface area contributed by atoms with Gasteiger partial charge in [0.05, 0.1) is 13.2 Å². The molecule has 0 unspecified atom stereocenters. The Kier molecular flexibility index (Phi) is 19.8. The topological polar surface area (TPSA) is 133 Å². The monoisotopic (exact) mass is 612 g/mol. The summed E-state index contributed by atoms with van der Waals surface area (Å²) in [4.78, 5) is 25.3. The van der Waals surface area contributed by atoms with E-state index in [-0.39, 0.29) is 36.1 Å². The van der Waals surface area contributed by atoms with Gasteiger partial charge in [-0.25, -0.2) is 0 Å². The van der Waals surface area contributed by atoms with Crippen LogP contribution < -0.4 is 28.4 Å². The molecule has 0 spiro atoms. The molecule has 242 valence electrons. The van der Waals surface area contributed by atoms with Crippen molar-refractivity contribution in [3.05, 3.63) is 48.6 Å². The van der Waals surface area contributed by atoms with Crippen LogP contribution in [0.5, 0.6) is 36.1 Å². The van der Waals surface area contributed by atoms with Crippen LogP contribution in [0.4, 0.5) is 0 Å². The minimum absolute atomic E-state index is 0.181. The minimum Gasteiger partial charge on any atom is -0.463 e. The lowest BCUT2D eigenvalue weighted by Crippen LogP contribution is -2.08. The molecule has 0 aliphatic rings. The first-order chi connectivity index (χ1) is 21.7. The second kappa shape index (κ2) is 24.2. The zero-order valence-corrected chi connectivity index (χ0v) is 26.7. The van der Waals surface area contributed by atoms with E-state index < -0.39 is 0 Å². The highest BCUT2D eigenvalue weighted by molar-refractivity contribution is 5.10. The summed E-state index contributed by atoms with van der Waals surface area (Å²) in [6.45, 7) is 10.2. The van der Waals surface area contributed by atoms with Crippen molar-refractivity contribution in [1.82, 2.24) is 29.9 Å². The largest absolute Gasteiger partial charge is 0.463 e. The van der Waals surface area contributed by atoms with E-state index in [1.54, 1.807) is 0 Å².